The van der Waals surface area contributed by atoms with Gasteiger partial charge in [-0.05, 0) is 42.8 Å². The predicted octanol–water partition coefficient (Wildman–Crippen LogP) is 3.95. The highest BCUT2D eigenvalue weighted by atomic mass is 35.5. The molecule has 0 N–H and O–H groups in total. The van der Waals surface area contributed by atoms with Gasteiger partial charge in [0.1, 0.15) is 12.4 Å². The highest BCUT2D eigenvalue weighted by Crippen LogP contribution is 2.25. The number of ether oxygens (including phenoxy) is 1. The first kappa shape index (κ1) is 15.9. The van der Waals surface area contributed by atoms with Crippen molar-refractivity contribution < 1.29 is 9.15 Å². The summed E-state index contributed by atoms with van der Waals surface area (Å²) in [7, 11) is 0. The zero-order valence-electron chi connectivity index (χ0n) is 13.1. The lowest BCUT2D eigenvalue weighted by molar-refractivity contribution is 0.299. The van der Waals surface area contributed by atoms with Crippen LogP contribution < -0.4 is 10.3 Å². The number of rotatable bonds is 4. The maximum absolute atomic E-state index is 12.3. The summed E-state index contributed by atoms with van der Waals surface area (Å²) >= 11 is 7.22. The first-order valence-corrected chi connectivity index (χ1v) is 8.62. The van der Waals surface area contributed by atoms with Gasteiger partial charge < -0.3 is 9.15 Å². The van der Waals surface area contributed by atoms with Crippen LogP contribution in [0.25, 0.3) is 15.7 Å². The number of fused-ring (bicyclic) bond motifs is 1. The van der Waals surface area contributed by atoms with Gasteiger partial charge in [-0.3, -0.25) is 4.79 Å². The smallest absolute Gasteiger partial charge is 0.275 e. The Morgan fingerprint density at radius 1 is 1.32 bits per heavy atom. The molecule has 0 amide bonds. The van der Waals surface area contributed by atoms with Crippen LogP contribution in [0.5, 0.6) is 5.75 Å². The molecule has 3 aromatic heterocycles. The quantitative estimate of drug-likeness (QED) is 0.541. The third kappa shape index (κ3) is 3.16. The number of aryl methyl sites for hydroxylation is 1. The number of aromatic nitrogens is 3. The average molecular weight is 374 g/mol. The van der Waals surface area contributed by atoms with Crippen molar-refractivity contribution in [2.75, 3.05) is 0 Å². The third-order valence-electron chi connectivity index (χ3n) is 3.54. The van der Waals surface area contributed by atoms with Gasteiger partial charge in [-0.2, -0.15) is 4.52 Å². The predicted molar refractivity (Wildman–Crippen MR) is 95.4 cm³/mol. The van der Waals surface area contributed by atoms with Crippen molar-refractivity contribution >= 4 is 27.9 Å². The molecule has 8 heteroatoms. The zero-order valence-corrected chi connectivity index (χ0v) is 14.7. The summed E-state index contributed by atoms with van der Waals surface area (Å²) in [5.74, 6) is 1.30. The number of hydrogen-bond donors (Lipinski definition) is 0. The summed E-state index contributed by atoms with van der Waals surface area (Å²) in [5.41, 5.74) is 1.20. The van der Waals surface area contributed by atoms with E-state index >= 15 is 0 Å². The van der Waals surface area contributed by atoms with E-state index in [0.717, 1.165) is 5.56 Å². The number of furan rings is 1. The van der Waals surface area contributed by atoms with Crippen LogP contribution in [0.15, 0.2) is 51.9 Å². The molecule has 0 atom stereocenters. The van der Waals surface area contributed by atoms with Gasteiger partial charge in [0, 0.05) is 11.1 Å². The van der Waals surface area contributed by atoms with E-state index in [2.05, 4.69) is 10.1 Å². The van der Waals surface area contributed by atoms with Crippen LogP contribution in [0.1, 0.15) is 11.3 Å². The van der Waals surface area contributed by atoms with E-state index in [4.69, 9.17) is 20.8 Å². The minimum atomic E-state index is -0.259. The first-order valence-electron chi connectivity index (χ1n) is 7.43. The van der Waals surface area contributed by atoms with Gasteiger partial charge >= 0.3 is 0 Å². The standard InChI is InChI=1S/C17H12ClN3O3S/c1-10-7-11(18)4-5-13(10)24-9-12-8-15(22)21-17(19-12)25-16(20-21)14-3-2-6-23-14/h2-8H,9H2,1H3. The molecule has 4 rings (SSSR count). The zero-order chi connectivity index (χ0) is 17.4. The fourth-order valence-corrected chi connectivity index (χ4v) is 3.48. The summed E-state index contributed by atoms with van der Waals surface area (Å²) in [4.78, 5) is 17.2. The molecule has 0 aliphatic carbocycles. The molecule has 25 heavy (non-hydrogen) atoms. The van der Waals surface area contributed by atoms with Crippen molar-refractivity contribution in [3.05, 3.63) is 69.3 Å². The molecule has 0 unspecified atom stereocenters. The Balaban J connectivity index is 1.63. The molecule has 0 fully saturated rings. The maximum atomic E-state index is 12.3. The number of nitrogens with zero attached hydrogens (tertiary/aromatic N) is 3. The van der Waals surface area contributed by atoms with Crippen LogP contribution >= 0.6 is 22.9 Å². The molecule has 0 bridgehead atoms. The van der Waals surface area contributed by atoms with Gasteiger partial charge in [0.2, 0.25) is 4.96 Å². The van der Waals surface area contributed by atoms with Crippen molar-refractivity contribution in [1.82, 2.24) is 14.6 Å². The van der Waals surface area contributed by atoms with Crippen molar-refractivity contribution in [1.29, 1.82) is 0 Å². The molecule has 4 aromatic rings. The Hall–Kier alpha value is -2.64. The second-order valence-corrected chi connectivity index (χ2v) is 6.76. The number of halogens is 1. The normalized spacial score (nSPS) is 11.1. The third-order valence-corrected chi connectivity index (χ3v) is 4.70. The largest absolute Gasteiger partial charge is 0.487 e. The maximum Gasteiger partial charge on any atom is 0.275 e. The first-order chi connectivity index (χ1) is 12.1. The summed E-state index contributed by atoms with van der Waals surface area (Å²) < 4.78 is 12.3. The fraction of sp³-hybridized carbons (Fsp3) is 0.118. The molecule has 0 radical (unpaired) electrons. The minimum Gasteiger partial charge on any atom is -0.487 e. The average Bonchev–Trinajstić information content (AvgIpc) is 3.23. The van der Waals surface area contributed by atoms with Gasteiger partial charge in [0.25, 0.3) is 5.56 Å². The van der Waals surface area contributed by atoms with E-state index in [1.807, 2.05) is 13.0 Å². The number of benzene rings is 1. The Morgan fingerprint density at radius 3 is 2.96 bits per heavy atom. The molecule has 3 heterocycles. The van der Waals surface area contributed by atoms with Crippen LogP contribution in [-0.4, -0.2) is 14.6 Å². The Morgan fingerprint density at radius 2 is 2.20 bits per heavy atom. The van der Waals surface area contributed by atoms with Gasteiger partial charge in [-0.1, -0.05) is 22.9 Å². The molecule has 0 aliphatic rings. The summed E-state index contributed by atoms with van der Waals surface area (Å²) in [6.45, 7) is 2.09. The van der Waals surface area contributed by atoms with Crippen LogP contribution in [0, 0.1) is 6.92 Å². The number of hydrogen-bond acceptors (Lipinski definition) is 6. The van der Waals surface area contributed by atoms with E-state index in [0.29, 0.717) is 32.2 Å². The van der Waals surface area contributed by atoms with Crippen molar-refractivity contribution in [2.45, 2.75) is 13.5 Å². The minimum absolute atomic E-state index is 0.183. The fourth-order valence-electron chi connectivity index (χ4n) is 2.36. The van der Waals surface area contributed by atoms with Gasteiger partial charge in [-0.15, -0.1) is 5.10 Å². The second-order valence-electron chi connectivity index (χ2n) is 5.36. The lowest BCUT2D eigenvalue weighted by Crippen LogP contribution is -2.16. The van der Waals surface area contributed by atoms with Gasteiger partial charge in [0.05, 0.1) is 12.0 Å². The molecule has 1 aromatic carbocycles. The molecule has 6 nitrogen and oxygen atoms in total. The van der Waals surface area contributed by atoms with Crippen molar-refractivity contribution in [3.8, 4) is 16.5 Å². The van der Waals surface area contributed by atoms with E-state index in [1.54, 1.807) is 30.5 Å². The SMILES string of the molecule is Cc1cc(Cl)ccc1OCc1cc(=O)n2nc(-c3ccco3)sc2n1. The lowest BCUT2D eigenvalue weighted by Gasteiger charge is -2.08. The van der Waals surface area contributed by atoms with Crippen molar-refractivity contribution in [2.24, 2.45) is 0 Å². The van der Waals surface area contributed by atoms with Crippen molar-refractivity contribution in [3.63, 3.8) is 0 Å². The molecule has 0 aliphatic heterocycles. The Labute approximate surface area is 151 Å². The van der Waals surface area contributed by atoms with Gasteiger partial charge in [-0.25, -0.2) is 4.98 Å². The topological polar surface area (TPSA) is 69.6 Å². The highest BCUT2D eigenvalue weighted by molar-refractivity contribution is 7.19. The van der Waals surface area contributed by atoms with Crippen LogP contribution in [0.3, 0.4) is 0 Å². The molecular formula is C17H12ClN3O3S. The highest BCUT2D eigenvalue weighted by Gasteiger charge is 2.12. The van der Waals surface area contributed by atoms with Crippen LogP contribution in [-0.2, 0) is 6.61 Å². The summed E-state index contributed by atoms with van der Waals surface area (Å²) in [6, 6.07) is 10.4. The monoisotopic (exact) mass is 373 g/mol. The molecule has 0 spiro atoms. The molecular weight excluding hydrogens is 362 g/mol. The Kier molecular flexibility index (Phi) is 4.03. The van der Waals surface area contributed by atoms with E-state index < -0.39 is 0 Å². The van der Waals surface area contributed by atoms with Crippen LogP contribution in [0.2, 0.25) is 5.02 Å². The molecule has 126 valence electrons. The van der Waals surface area contributed by atoms with E-state index in [-0.39, 0.29) is 12.2 Å². The lowest BCUT2D eigenvalue weighted by atomic mass is 10.2. The van der Waals surface area contributed by atoms with E-state index in [9.17, 15) is 4.79 Å². The van der Waals surface area contributed by atoms with Gasteiger partial charge in [0.15, 0.2) is 10.8 Å². The Bertz CT molecular complexity index is 1100. The summed E-state index contributed by atoms with van der Waals surface area (Å²) in [6.07, 6.45) is 1.56. The van der Waals surface area contributed by atoms with Crippen LogP contribution in [0.4, 0.5) is 0 Å². The molecule has 0 saturated heterocycles. The summed E-state index contributed by atoms with van der Waals surface area (Å²) in [5, 5.41) is 5.50. The van der Waals surface area contributed by atoms with E-state index in [1.165, 1.54) is 21.9 Å². The second kappa shape index (κ2) is 6.34. The molecule has 0 saturated carbocycles.